The number of unbranched alkanes of at least 4 members (excludes halogenated alkanes) is 25. The lowest BCUT2D eigenvalue weighted by atomic mass is 10.0. The van der Waals surface area contributed by atoms with E-state index in [2.05, 4.69) is 129 Å². The van der Waals surface area contributed by atoms with Crippen molar-refractivity contribution in [3.8, 4) is 0 Å². The Hall–Kier alpha value is -3.10. The zero-order valence-corrected chi connectivity index (χ0v) is 51.3. The molecule has 77 heavy (non-hydrogen) atoms. The van der Waals surface area contributed by atoms with Gasteiger partial charge in [0.1, 0.15) is 13.2 Å². The molecule has 0 aromatic heterocycles. The molecule has 1 amide bonds. The summed E-state index contributed by atoms with van der Waals surface area (Å²) in [5, 5.41) is 13.9. The van der Waals surface area contributed by atoms with Gasteiger partial charge in [0.25, 0.3) is 7.82 Å². The third-order valence-corrected chi connectivity index (χ3v) is 14.4. The molecule has 0 bridgehead atoms. The predicted molar refractivity (Wildman–Crippen MR) is 334 cm³/mol. The SMILES string of the molecule is CC/C=C\C/C=C\C/C=C\C/C=C\C/C=C\C/C=C\C/C=C\C/C=C\C/C=C\CCCCCCCCCC(=O)NC(COP(=O)([O-])OCC[N+](C)(C)C)C(O)/C=C/CCCCCCCCCCCCCCCCCCCC. The van der Waals surface area contributed by atoms with E-state index in [1.165, 1.54) is 122 Å². The summed E-state index contributed by atoms with van der Waals surface area (Å²) in [6.07, 6.45) is 85.6. The van der Waals surface area contributed by atoms with Gasteiger partial charge in [-0.2, -0.15) is 0 Å². The topological polar surface area (TPSA) is 108 Å². The number of carbonyl (C=O) groups is 1. The van der Waals surface area contributed by atoms with Crippen molar-refractivity contribution >= 4 is 13.7 Å². The number of quaternary nitrogens is 1. The van der Waals surface area contributed by atoms with Gasteiger partial charge < -0.3 is 28.8 Å². The number of amides is 1. The standard InChI is InChI=1S/C68H119N2O6P/c1-6-8-10-12-14-16-18-20-22-24-26-28-29-30-31-32-33-34-35-36-37-38-39-40-41-42-44-46-48-50-52-54-56-58-60-62-68(72)69-66(65-76-77(73,74)75-64-63-70(3,4)5)67(71)61-59-57-55-53-51-49-47-45-43-27-25-23-21-19-17-15-13-11-9-7-2/h8,10,14,16,20,22,26,28,30-31,33-34,36-37,39-40,42,44,59,61,66-67,71H,6-7,9,11-13,15,17-19,21,23-25,27,29,32,35,38,41,43,45-58,60,62-65H2,1-5H3,(H-,69,72,73,74)/b10-8-,16-14-,22-20-,28-26-,31-30-,34-33-,37-36-,40-39-,44-42-,61-59+. The number of aliphatic hydroxyl groups excluding tert-OH is 1. The van der Waals surface area contributed by atoms with Crippen molar-refractivity contribution in [2.75, 3.05) is 40.9 Å². The van der Waals surface area contributed by atoms with E-state index >= 15 is 0 Å². The van der Waals surface area contributed by atoms with Gasteiger partial charge >= 0.3 is 0 Å². The van der Waals surface area contributed by atoms with Crippen molar-refractivity contribution in [3.05, 3.63) is 122 Å². The van der Waals surface area contributed by atoms with E-state index in [4.69, 9.17) is 9.05 Å². The second-order valence-corrected chi connectivity index (χ2v) is 23.4. The Bertz CT molecular complexity index is 1670. The molecule has 0 saturated heterocycles. The Labute approximate surface area is 475 Å². The zero-order chi connectivity index (χ0) is 56.3. The minimum Gasteiger partial charge on any atom is -0.756 e. The number of hydrogen-bond acceptors (Lipinski definition) is 6. The van der Waals surface area contributed by atoms with E-state index in [0.29, 0.717) is 17.4 Å². The van der Waals surface area contributed by atoms with Crippen molar-refractivity contribution in [3.63, 3.8) is 0 Å². The van der Waals surface area contributed by atoms with E-state index in [1.807, 2.05) is 27.2 Å². The third kappa shape index (κ3) is 60.4. The van der Waals surface area contributed by atoms with E-state index < -0.39 is 26.6 Å². The molecule has 0 fully saturated rings. The highest BCUT2D eigenvalue weighted by Crippen LogP contribution is 2.38. The van der Waals surface area contributed by atoms with Crippen molar-refractivity contribution in [1.29, 1.82) is 0 Å². The van der Waals surface area contributed by atoms with Crippen LogP contribution < -0.4 is 10.2 Å². The number of nitrogens with zero attached hydrogens (tertiary/aromatic N) is 1. The fourth-order valence-corrected chi connectivity index (χ4v) is 9.28. The molecule has 0 rings (SSSR count). The maximum atomic E-state index is 13.0. The number of allylic oxidation sites excluding steroid dienone is 19. The van der Waals surface area contributed by atoms with Gasteiger partial charge in [0.05, 0.1) is 39.9 Å². The van der Waals surface area contributed by atoms with Crippen LogP contribution in [-0.4, -0.2) is 68.5 Å². The number of likely N-dealkylation sites (N-methyl/N-ethyl adjacent to an activating group) is 1. The molecule has 0 aliphatic rings. The van der Waals surface area contributed by atoms with E-state index in [-0.39, 0.29) is 12.5 Å². The zero-order valence-electron chi connectivity index (χ0n) is 50.4. The van der Waals surface area contributed by atoms with Gasteiger partial charge in [0.2, 0.25) is 5.91 Å². The van der Waals surface area contributed by atoms with E-state index in [0.717, 1.165) is 109 Å². The van der Waals surface area contributed by atoms with Gasteiger partial charge in [-0.1, -0.05) is 277 Å². The first-order valence-corrected chi connectivity index (χ1v) is 32.9. The van der Waals surface area contributed by atoms with E-state index in [1.54, 1.807) is 6.08 Å². The van der Waals surface area contributed by atoms with Crippen LogP contribution in [0.4, 0.5) is 0 Å². The van der Waals surface area contributed by atoms with Crippen LogP contribution in [0.3, 0.4) is 0 Å². The lowest BCUT2D eigenvalue weighted by Crippen LogP contribution is -2.45. The average molecular weight is 1090 g/mol. The summed E-state index contributed by atoms with van der Waals surface area (Å²) in [6, 6.07) is -0.902. The minimum atomic E-state index is -4.61. The quantitative estimate of drug-likeness (QED) is 0.0272. The third-order valence-electron chi connectivity index (χ3n) is 13.4. The summed E-state index contributed by atoms with van der Waals surface area (Å²) in [4.78, 5) is 25.6. The summed E-state index contributed by atoms with van der Waals surface area (Å²) < 4.78 is 23.4. The molecule has 0 heterocycles. The molecule has 0 saturated carbocycles. The molecule has 3 atom stereocenters. The Morgan fingerprint density at radius 1 is 0.468 bits per heavy atom. The van der Waals surface area contributed by atoms with Crippen LogP contribution in [-0.2, 0) is 18.4 Å². The van der Waals surface area contributed by atoms with Gasteiger partial charge in [-0.3, -0.25) is 9.36 Å². The maximum absolute atomic E-state index is 13.0. The first-order chi connectivity index (χ1) is 37.5. The molecule has 442 valence electrons. The normalized spacial score (nSPS) is 14.6. The smallest absolute Gasteiger partial charge is 0.268 e. The number of phosphoric ester groups is 1. The molecular weight excluding hydrogens is 972 g/mol. The summed E-state index contributed by atoms with van der Waals surface area (Å²) in [5.41, 5.74) is 0. The van der Waals surface area contributed by atoms with Crippen LogP contribution in [0.1, 0.15) is 251 Å². The number of carbonyl (C=O) groups excluding carboxylic acids is 1. The number of rotatable bonds is 56. The molecular formula is C68H119N2O6P. The molecule has 0 aromatic rings. The Morgan fingerprint density at radius 3 is 1.16 bits per heavy atom. The summed E-state index contributed by atoms with van der Waals surface area (Å²) in [7, 11) is 1.24. The van der Waals surface area contributed by atoms with Crippen LogP contribution in [0, 0.1) is 0 Å². The Balaban J connectivity index is 4.22. The first kappa shape index (κ1) is 73.9. The highest BCUT2D eigenvalue weighted by atomic mass is 31.2. The lowest BCUT2D eigenvalue weighted by Gasteiger charge is -2.29. The molecule has 8 nitrogen and oxygen atoms in total. The maximum Gasteiger partial charge on any atom is 0.268 e. The molecule has 2 N–H and O–H groups in total. The highest BCUT2D eigenvalue weighted by Gasteiger charge is 2.23. The van der Waals surface area contributed by atoms with E-state index in [9.17, 15) is 19.4 Å². The van der Waals surface area contributed by atoms with Gasteiger partial charge in [-0.25, -0.2) is 0 Å². The molecule has 0 spiro atoms. The molecule has 0 aliphatic heterocycles. The largest absolute Gasteiger partial charge is 0.756 e. The molecule has 0 aliphatic carbocycles. The summed E-state index contributed by atoms with van der Waals surface area (Å²) >= 11 is 0. The van der Waals surface area contributed by atoms with Gasteiger partial charge in [0, 0.05) is 6.42 Å². The highest BCUT2D eigenvalue weighted by molar-refractivity contribution is 7.45. The molecule has 9 heteroatoms. The van der Waals surface area contributed by atoms with Gasteiger partial charge in [-0.05, 0) is 89.9 Å². The summed E-state index contributed by atoms with van der Waals surface area (Å²) in [5.74, 6) is -0.212. The average Bonchev–Trinajstić information content (AvgIpc) is 3.39. The predicted octanol–water partition coefficient (Wildman–Crippen LogP) is 19.1. The van der Waals surface area contributed by atoms with Crippen LogP contribution >= 0.6 is 7.82 Å². The number of phosphoric acid groups is 1. The van der Waals surface area contributed by atoms with Crippen LogP contribution in [0.15, 0.2) is 122 Å². The second-order valence-electron chi connectivity index (χ2n) is 22.0. The van der Waals surface area contributed by atoms with Crippen molar-refractivity contribution in [1.82, 2.24) is 5.32 Å². The fraction of sp³-hybridized carbons (Fsp3) is 0.691. The molecule has 0 radical (unpaired) electrons. The summed E-state index contributed by atoms with van der Waals surface area (Å²) in [6.45, 7) is 4.53. The van der Waals surface area contributed by atoms with Gasteiger partial charge in [-0.15, -0.1) is 0 Å². The molecule has 3 unspecified atom stereocenters. The van der Waals surface area contributed by atoms with Gasteiger partial charge in [0.15, 0.2) is 0 Å². The van der Waals surface area contributed by atoms with Crippen LogP contribution in [0.2, 0.25) is 0 Å². The fourth-order valence-electron chi connectivity index (χ4n) is 8.56. The van der Waals surface area contributed by atoms with Crippen LogP contribution in [0.5, 0.6) is 0 Å². The molecule has 0 aromatic carbocycles. The second kappa shape index (κ2) is 57.6. The Kier molecular flexibility index (Phi) is 55.3. The minimum absolute atomic E-state index is 0.00911. The lowest BCUT2D eigenvalue weighted by molar-refractivity contribution is -0.870. The van der Waals surface area contributed by atoms with Crippen molar-refractivity contribution in [2.45, 2.75) is 264 Å². The number of nitrogens with one attached hydrogen (secondary N) is 1. The number of aliphatic hydroxyl groups is 1. The van der Waals surface area contributed by atoms with Crippen molar-refractivity contribution < 1.29 is 32.9 Å². The van der Waals surface area contributed by atoms with Crippen molar-refractivity contribution in [2.24, 2.45) is 0 Å². The first-order valence-electron chi connectivity index (χ1n) is 31.4. The monoisotopic (exact) mass is 1090 g/mol. The van der Waals surface area contributed by atoms with Crippen LogP contribution in [0.25, 0.3) is 0 Å². The number of hydrogen-bond donors (Lipinski definition) is 2. The Morgan fingerprint density at radius 2 is 0.792 bits per heavy atom.